The first-order chi connectivity index (χ1) is 11.9. The summed E-state index contributed by atoms with van der Waals surface area (Å²) >= 11 is 3.77. The van der Waals surface area contributed by atoms with E-state index in [-0.39, 0.29) is 16.3 Å². The molecule has 0 aliphatic heterocycles. The van der Waals surface area contributed by atoms with Gasteiger partial charge in [0.25, 0.3) is 0 Å². The molecule has 25 heavy (non-hydrogen) atoms. The zero-order chi connectivity index (χ0) is 17.8. The van der Waals surface area contributed by atoms with Gasteiger partial charge < -0.3 is 14.6 Å². The third-order valence-corrected chi connectivity index (χ3v) is 9.29. The van der Waals surface area contributed by atoms with Crippen LogP contribution in [0.1, 0.15) is 58.8 Å². The van der Waals surface area contributed by atoms with Crippen molar-refractivity contribution in [1.29, 1.82) is 0 Å². The summed E-state index contributed by atoms with van der Waals surface area (Å²) in [6.07, 6.45) is 10.9. The number of ether oxygens (including phenoxy) is 2. The Balaban J connectivity index is 1.57. The zero-order valence-corrected chi connectivity index (χ0v) is 17.4. The van der Waals surface area contributed by atoms with Gasteiger partial charge in [-0.2, -0.15) is 0 Å². The zero-order valence-electron chi connectivity index (χ0n) is 15.8. The molecule has 0 amide bonds. The van der Waals surface area contributed by atoms with E-state index in [1.165, 1.54) is 25.7 Å². The summed E-state index contributed by atoms with van der Waals surface area (Å²) in [5, 5.41) is 10.8. The highest BCUT2D eigenvalue weighted by Gasteiger charge is 2.60. The fraction of sp³-hybridized carbons (Fsp3) is 0.905. The second-order valence-corrected chi connectivity index (χ2v) is 10.6. The summed E-state index contributed by atoms with van der Waals surface area (Å²) in [6, 6.07) is 0. The lowest BCUT2D eigenvalue weighted by Gasteiger charge is -2.57. The summed E-state index contributed by atoms with van der Waals surface area (Å²) in [4.78, 5) is 0.276. The molecule has 4 aliphatic rings. The van der Waals surface area contributed by atoms with Crippen molar-refractivity contribution >= 4 is 15.9 Å². The van der Waals surface area contributed by atoms with Crippen molar-refractivity contribution < 1.29 is 14.6 Å². The molecule has 0 aromatic heterocycles. The fourth-order valence-electron chi connectivity index (χ4n) is 6.88. The maximum atomic E-state index is 10.8. The van der Waals surface area contributed by atoms with Gasteiger partial charge in [0.05, 0.1) is 12.2 Å². The fourth-order valence-corrected chi connectivity index (χ4v) is 7.88. The molecule has 8 atom stereocenters. The standard InChI is InChI=1S/C21H33BrO3/c1-20-8-6-14(25-12-24-3)10-13(20)4-5-15-16(20)7-9-21(2)17(15)11-18(22)19(21)23/h4,14-19,23H,5-12H2,1-3H3/t14?,15-,16-,17+,18?,19?,20+,21+/m1/s1. The number of hydrogen-bond donors (Lipinski definition) is 1. The molecule has 0 aromatic rings. The molecule has 4 rings (SSSR count). The van der Waals surface area contributed by atoms with Crippen molar-refractivity contribution in [2.24, 2.45) is 28.6 Å². The van der Waals surface area contributed by atoms with Gasteiger partial charge >= 0.3 is 0 Å². The van der Waals surface area contributed by atoms with Gasteiger partial charge in [0, 0.05) is 11.9 Å². The first-order valence-electron chi connectivity index (χ1n) is 10.0. The summed E-state index contributed by atoms with van der Waals surface area (Å²) in [5.41, 5.74) is 2.08. The van der Waals surface area contributed by atoms with Crippen molar-refractivity contribution in [2.45, 2.75) is 75.8 Å². The molecule has 0 radical (unpaired) electrons. The molecule has 0 spiro atoms. The van der Waals surface area contributed by atoms with Crippen LogP contribution in [0.2, 0.25) is 0 Å². The first kappa shape index (κ1) is 18.5. The highest BCUT2D eigenvalue weighted by molar-refractivity contribution is 9.09. The Hall–Kier alpha value is 0.100. The topological polar surface area (TPSA) is 38.7 Å². The highest BCUT2D eigenvalue weighted by atomic mass is 79.9. The largest absolute Gasteiger partial charge is 0.391 e. The smallest absolute Gasteiger partial charge is 0.146 e. The number of aliphatic hydroxyl groups excluding tert-OH is 1. The number of rotatable bonds is 3. The first-order valence-corrected chi connectivity index (χ1v) is 10.9. The SMILES string of the molecule is COCOC1CC[C@@]2(C)C(=CC[C@@H]3[C@H]2CC[C@]2(C)C(O)C(Br)C[C@@H]32)C1. The highest BCUT2D eigenvalue weighted by Crippen LogP contribution is 2.65. The quantitative estimate of drug-likeness (QED) is 0.415. The Kier molecular flexibility index (Phi) is 4.88. The van der Waals surface area contributed by atoms with E-state index in [0.29, 0.717) is 24.2 Å². The molecule has 0 aromatic carbocycles. The van der Waals surface area contributed by atoms with E-state index in [2.05, 4.69) is 35.9 Å². The maximum Gasteiger partial charge on any atom is 0.146 e. The molecule has 0 saturated heterocycles. The number of alkyl halides is 1. The molecule has 4 heteroatoms. The Labute approximate surface area is 160 Å². The monoisotopic (exact) mass is 412 g/mol. The van der Waals surface area contributed by atoms with Crippen molar-refractivity contribution in [3.63, 3.8) is 0 Å². The van der Waals surface area contributed by atoms with Crippen LogP contribution in [-0.2, 0) is 9.47 Å². The van der Waals surface area contributed by atoms with Crippen molar-refractivity contribution in [3.8, 4) is 0 Å². The lowest BCUT2D eigenvalue weighted by molar-refractivity contribution is -0.101. The maximum absolute atomic E-state index is 10.8. The third kappa shape index (κ3) is 2.78. The molecule has 1 N–H and O–H groups in total. The van der Waals surface area contributed by atoms with E-state index in [9.17, 15) is 5.11 Å². The average Bonchev–Trinajstić information content (AvgIpc) is 2.83. The van der Waals surface area contributed by atoms with Crippen LogP contribution in [0, 0.1) is 28.6 Å². The number of hydrogen-bond acceptors (Lipinski definition) is 3. The number of allylic oxidation sites excluding steroid dienone is 1. The van der Waals surface area contributed by atoms with E-state index in [4.69, 9.17) is 9.47 Å². The minimum absolute atomic E-state index is 0.107. The summed E-state index contributed by atoms with van der Waals surface area (Å²) in [7, 11) is 1.70. The van der Waals surface area contributed by atoms with Crippen molar-refractivity contribution in [3.05, 3.63) is 11.6 Å². The van der Waals surface area contributed by atoms with Crippen molar-refractivity contribution in [1.82, 2.24) is 0 Å². The van der Waals surface area contributed by atoms with E-state index < -0.39 is 0 Å². The molecule has 0 heterocycles. The molecule has 3 saturated carbocycles. The third-order valence-electron chi connectivity index (χ3n) is 8.42. The molecular weight excluding hydrogens is 380 g/mol. The molecule has 142 valence electrons. The predicted molar refractivity (Wildman–Crippen MR) is 103 cm³/mol. The van der Waals surface area contributed by atoms with E-state index in [0.717, 1.165) is 31.1 Å². The van der Waals surface area contributed by atoms with Gasteiger partial charge in [0.15, 0.2) is 0 Å². The Morgan fingerprint density at radius 3 is 2.80 bits per heavy atom. The minimum Gasteiger partial charge on any atom is -0.391 e. The van der Waals surface area contributed by atoms with E-state index in [1.807, 2.05) is 0 Å². The van der Waals surface area contributed by atoms with E-state index in [1.54, 1.807) is 12.7 Å². The van der Waals surface area contributed by atoms with E-state index >= 15 is 0 Å². The van der Waals surface area contributed by atoms with Crippen LogP contribution in [0.5, 0.6) is 0 Å². The van der Waals surface area contributed by atoms with Crippen LogP contribution in [0.4, 0.5) is 0 Å². The lowest BCUT2D eigenvalue weighted by Crippen LogP contribution is -2.51. The second kappa shape index (κ2) is 6.61. The van der Waals surface area contributed by atoms with Gasteiger partial charge in [0.2, 0.25) is 0 Å². The lowest BCUT2D eigenvalue weighted by atomic mass is 9.48. The summed E-state index contributed by atoms with van der Waals surface area (Å²) < 4.78 is 11.0. The Bertz CT molecular complexity index is 549. The van der Waals surface area contributed by atoms with Gasteiger partial charge in [0.1, 0.15) is 6.79 Å². The summed E-state index contributed by atoms with van der Waals surface area (Å²) in [5.74, 6) is 2.17. The normalized spacial score (nSPS) is 52.1. The number of aliphatic hydroxyl groups is 1. The van der Waals surface area contributed by atoms with Crippen LogP contribution in [-0.4, -0.2) is 36.0 Å². The van der Waals surface area contributed by atoms with Crippen LogP contribution >= 0.6 is 15.9 Å². The Morgan fingerprint density at radius 2 is 2.04 bits per heavy atom. The minimum atomic E-state index is -0.185. The molecule has 3 unspecified atom stereocenters. The van der Waals surface area contributed by atoms with Gasteiger partial charge in [-0.3, -0.25) is 0 Å². The van der Waals surface area contributed by atoms with Crippen LogP contribution in [0.3, 0.4) is 0 Å². The van der Waals surface area contributed by atoms with Crippen LogP contribution in [0.25, 0.3) is 0 Å². The van der Waals surface area contributed by atoms with Crippen LogP contribution in [0.15, 0.2) is 11.6 Å². The van der Waals surface area contributed by atoms with Gasteiger partial charge in [-0.25, -0.2) is 0 Å². The average molecular weight is 413 g/mol. The van der Waals surface area contributed by atoms with Crippen LogP contribution < -0.4 is 0 Å². The summed E-state index contributed by atoms with van der Waals surface area (Å²) in [6.45, 7) is 5.27. The number of halogens is 1. The molecule has 3 fully saturated rings. The second-order valence-electron chi connectivity index (χ2n) is 9.44. The molecule has 3 nitrogen and oxygen atoms in total. The molecular formula is C21H33BrO3. The number of fused-ring (bicyclic) bond motifs is 5. The molecule has 4 aliphatic carbocycles. The van der Waals surface area contributed by atoms with Crippen molar-refractivity contribution in [2.75, 3.05) is 13.9 Å². The predicted octanol–water partition coefficient (Wildman–Crippen LogP) is 4.67. The molecule has 0 bridgehead atoms. The number of methoxy groups -OCH3 is 1. The van der Waals surface area contributed by atoms with Gasteiger partial charge in [-0.15, -0.1) is 0 Å². The van der Waals surface area contributed by atoms with Gasteiger partial charge in [-0.05, 0) is 73.5 Å². The van der Waals surface area contributed by atoms with Gasteiger partial charge in [-0.1, -0.05) is 41.4 Å². The Morgan fingerprint density at radius 1 is 1.24 bits per heavy atom.